The summed E-state index contributed by atoms with van der Waals surface area (Å²) in [7, 11) is 1.59. The molecule has 2 fully saturated rings. The van der Waals surface area contributed by atoms with Crippen LogP contribution in [-0.4, -0.2) is 23.9 Å². The van der Waals surface area contributed by atoms with Gasteiger partial charge >= 0.3 is 0 Å². The van der Waals surface area contributed by atoms with Gasteiger partial charge in [0.1, 0.15) is 0 Å². The lowest BCUT2D eigenvalue weighted by atomic mass is 9.79. The van der Waals surface area contributed by atoms with Crippen molar-refractivity contribution in [2.75, 3.05) is 7.11 Å². The van der Waals surface area contributed by atoms with E-state index in [0.29, 0.717) is 12.8 Å². The van der Waals surface area contributed by atoms with E-state index in [4.69, 9.17) is 19.8 Å². The van der Waals surface area contributed by atoms with Gasteiger partial charge in [-0.2, -0.15) is 9.78 Å². The highest BCUT2D eigenvalue weighted by Crippen LogP contribution is 2.47. The molecule has 0 aromatic rings. The molecule has 1 unspecified atom stereocenters. The van der Waals surface area contributed by atoms with Gasteiger partial charge in [-0.05, 0) is 19.8 Å². The first-order chi connectivity index (χ1) is 6.64. The van der Waals surface area contributed by atoms with E-state index in [-0.39, 0.29) is 5.92 Å². The lowest BCUT2D eigenvalue weighted by Gasteiger charge is -2.48. The second-order valence-corrected chi connectivity index (χ2v) is 4.18. The standard InChI is InChI=1S/C9H16O5/c1-8(11-2)7-4-3-5-9(6-7,12-10)14-13-8/h7,10H,3-6H2,1-2H3/t7-,8?,9+/m1/s1. The Bertz CT molecular complexity index is 215. The molecule has 0 amide bonds. The highest BCUT2D eigenvalue weighted by atomic mass is 17.3. The molecule has 1 N–H and O–H groups in total. The van der Waals surface area contributed by atoms with E-state index in [1.807, 2.05) is 6.92 Å². The predicted molar refractivity (Wildman–Crippen MR) is 46.0 cm³/mol. The predicted octanol–water partition coefficient (Wildman–Crippen LogP) is 1.69. The van der Waals surface area contributed by atoms with Gasteiger partial charge < -0.3 is 4.74 Å². The van der Waals surface area contributed by atoms with Crippen LogP contribution in [0, 0.1) is 5.92 Å². The van der Waals surface area contributed by atoms with Gasteiger partial charge in [-0.25, -0.2) is 10.1 Å². The minimum atomic E-state index is -0.971. The molecule has 1 aliphatic carbocycles. The molecule has 14 heavy (non-hydrogen) atoms. The SMILES string of the molecule is COC1(C)OO[C@@]2(OO)CCC[C@@H]1C2. The van der Waals surface area contributed by atoms with Gasteiger partial charge in [0, 0.05) is 25.9 Å². The Morgan fingerprint density at radius 2 is 2.21 bits per heavy atom. The van der Waals surface area contributed by atoms with E-state index >= 15 is 0 Å². The average molecular weight is 204 g/mol. The summed E-state index contributed by atoms with van der Waals surface area (Å²) in [4.78, 5) is 14.6. The van der Waals surface area contributed by atoms with Crippen LogP contribution < -0.4 is 0 Å². The van der Waals surface area contributed by atoms with Crippen LogP contribution in [0.3, 0.4) is 0 Å². The molecule has 0 spiro atoms. The Kier molecular flexibility index (Phi) is 2.53. The largest absolute Gasteiger partial charge is 0.351 e. The molecule has 0 aromatic heterocycles. The topological polar surface area (TPSA) is 57.2 Å². The maximum absolute atomic E-state index is 8.79. The van der Waals surface area contributed by atoms with Crippen molar-refractivity contribution in [2.24, 2.45) is 5.92 Å². The van der Waals surface area contributed by atoms with Gasteiger partial charge in [0.05, 0.1) is 0 Å². The smallest absolute Gasteiger partial charge is 0.234 e. The van der Waals surface area contributed by atoms with Gasteiger partial charge in [0.2, 0.25) is 11.6 Å². The van der Waals surface area contributed by atoms with E-state index < -0.39 is 11.6 Å². The molecular formula is C9H16O5. The van der Waals surface area contributed by atoms with Crippen molar-refractivity contribution in [1.82, 2.24) is 0 Å². The quantitative estimate of drug-likeness (QED) is 0.548. The summed E-state index contributed by atoms with van der Waals surface area (Å²) in [5.41, 5.74) is 0. The summed E-state index contributed by atoms with van der Waals surface area (Å²) in [5, 5.41) is 8.79. The normalized spacial score (nSPS) is 47.8. The van der Waals surface area contributed by atoms with E-state index in [1.165, 1.54) is 0 Å². The first-order valence-electron chi connectivity index (χ1n) is 4.89. The summed E-state index contributed by atoms with van der Waals surface area (Å²) in [6.07, 6.45) is 3.19. The molecular weight excluding hydrogens is 188 g/mol. The first kappa shape index (κ1) is 10.3. The maximum Gasteiger partial charge on any atom is 0.234 e. The molecule has 3 atom stereocenters. The lowest BCUT2D eigenvalue weighted by molar-refractivity contribution is -0.581. The molecule has 5 heteroatoms. The second kappa shape index (κ2) is 3.43. The molecule has 1 heterocycles. The zero-order valence-electron chi connectivity index (χ0n) is 8.49. The van der Waals surface area contributed by atoms with Gasteiger partial charge in [-0.1, -0.05) is 0 Å². The Morgan fingerprint density at radius 3 is 2.86 bits per heavy atom. The van der Waals surface area contributed by atoms with Crippen LogP contribution in [0.1, 0.15) is 32.6 Å². The summed E-state index contributed by atoms with van der Waals surface area (Å²) in [5.74, 6) is -1.49. The monoisotopic (exact) mass is 204 g/mol. The second-order valence-electron chi connectivity index (χ2n) is 4.18. The average Bonchev–Trinajstić information content (AvgIpc) is 2.25. The number of hydrogen-bond donors (Lipinski definition) is 1. The first-order valence-corrected chi connectivity index (χ1v) is 4.89. The summed E-state index contributed by atoms with van der Waals surface area (Å²) in [6.45, 7) is 1.84. The van der Waals surface area contributed by atoms with Crippen LogP contribution in [-0.2, 0) is 19.4 Å². The van der Waals surface area contributed by atoms with Crippen LogP contribution >= 0.6 is 0 Å². The van der Waals surface area contributed by atoms with Gasteiger partial charge in [0.25, 0.3) is 0 Å². The summed E-state index contributed by atoms with van der Waals surface area (Å²) < 4.78 is 5.27. The Morgan fingerprint density at radius 1 is 1.43 bits per heavy atom. The third kappa shape index (κ3) is 1.45. The minimum Gasteiger partial charge on any atom is -0.351 e. The van der Waals surface area contributed by atoms with Crippen molar-refractivity contribution in [3.8, 4) is 0 Å². The van der Waals surface area contributed by atoms with Gasteiger partial charge in [-0.15, -0.1) is 0 Å². The number of rotatable bonds is 2. The molecule has 2 rings (SSSR count). The van der Waals surface area contributed by atoms with Crippen LogP contribution in [0.5, 0.6) is 0 Å². The number of fused-ring (bicyclic) bond motifs is 2. The molecule has 1 saturated carbocycles. The van der Waals surface area contributed by atoms with E-state index in [0.717, 1.165) is 12.8 Å². The van der Waals surface area contributed by atoms with E-state index in [9.17, 15) is 0 Å². The van der Waals surface area contributed by atoms with Gasteiger partial charge in [-0.3, -0.25) is 0 Å². The third-order valence-electron chi connectivity index (χ3n) is 3.34. The van der Waals surface area contributed by atoms with Crippen LogP contribution in [0.2, 0.25) is 0 Å². The molecule has 5 nitrogen and oxygen atoms in total. The van der Waals surface area contributed by atoms with Crippen molar-refractivity contribution >= 4 is 0 Å². The molecule has 2 bridgehead atoms. The number of ether oxygens (including phenoxy) is 1. The summed E-state index contributed by atoms with van der Waals surface area (Å²) >= 11 is 0. The van der Waals surface area contributed by atoms with Crippen LogP contribution in [0.25, 0.3) is 0 Å². The van der Waals surface area contributed by atoms with Crippen molar-refractivity contribution in [2.45, 2.75) is 44.2 Å². The van der Waals surface area contributed by atoms with Crippen LogP contribution in [0.4, 0.5) is 0 Å². The third-order valence-corrected chi connectivity index (χ3v) is 3.34. The Balaban J connectivity index is 2.15. The van der Waals surface area contributed by atoms with Crippen molar-refractivity contribution < 1.29 is 24.7 Å². The fourth-order valence-electron chi connectivity index (χ4n) is 2.25. The molecule has 1 aliphatic heterocycles. The maximum atomic E-state index is 8.79. The lowest BCUT2D eigenvalue weighted by Crippen LogP contribution is -2.55. The van der Waals surface area contributed by atoms with E-state index in [2.05, 4.69) is 4.89 Å². The molecule has 2 aliphatic rings. The molecule has 0 aromatic carbocycles. The minimum absolute atomic E-state index is 0.196. The zero-order valence-corrected chi connectivity index (χ0v) is 8.49. The fraction of sp³-hybridized carbons (Fsp3) is 1.00. The summed E-state index contributed by atoms with van der Waals surface area (Å²) in [6, 6.07) is 0. The zero-order chi connectivity index (χ0) is 10.2. The highest BCUT2D eigenvalue weighted by Gasteiger charge is 2.53. The van der Waals surface area contributed by atoms with Crippen molar-refractivity contribution in [3.05, 3.63) is 0 Å². The number of methoxy groups -OCH3 is 1. The Labute approximate surface area is 82.8 Å². The fourth-order valence-corrected chi connectivity index (χ4v) is 2.25. The Hall–Kier alpha value is -0.200. The van der Waals surface area contributed by atoms with Gasteiger partial charge in [0.15, 0.2) is 0 Å². The number of hydrogen-bond acceptors (Lipinski definition) is 5. The molecule has 82 valence electrons. The van der Waals surface area contributed by atoms with Crippen molar-refractivity contribution in [3.63, 3.8) is 0 Å². The molecule has 1 saturated heterocycles. The van der Waals surface area contributed by atoms with Crippen molar-refractivity contribution in [1.29, 1.82) is 0 Å². The highest BCUT2D eigenvalue weighted by molar-refractivity contribution is 4.88. The molecule has 0 radical (unpaired) electrons. The van der Waals surface area contributed by atoms with Crippen LogP contribution in [0.15, 0.2) is 0 Å². The van der Waals surface area contributed by atoms with E-state index in [1.54, 1.807) is 7.11 Å².